The first kappa shape index (κ1) is 19.5. The number of rotatable bonds is 7. The van der Waals surface area contributed by atoms with Gasteiger partial charge in [-0.1, -0.05) is 11.4 Å². The highest BCUT2D eigenvalue weighted by atomic mass is 32.1. The quantitative estimate of drug-likeness (QED) is 0.722. The Kier molecular flexibility index (Phi) is 6.57. The fourth-order valence-corrected chi connectivity index (χ4v) is 3.44. The summed E-state index contributed by atoms with van der Waals surface area (Å²) in [6.07, 6.45) is 2.23. The van der Waals surface area contributed by atoms with E-state index in [1.54, 1.807) is 18.4 Å². The molecular weight excluding hydrogens is 368 g/mol. The Labute approximate surface area is 162 Å². The zero-order valence-electron chi connectivity index (χ0n) is 15.6. The zero-order chi connectivity index (χ0) is 19.2. The summed E-state index contributed by atoms with van der Waals surface area (Å²) in [6.45, 7) is 6.58. The predicted octanol–water partition coefficient (Wildman–Crippen LogP) is 2.32. The number of carbonyl (C=O) groups is 2. The molecule has 0 saturated carbocycles. The lowest BCUT2D eigenvalue weighted by Gasteiger charge is -2.29. The van der Waals surface area contributed by atoms with Crippen LogP contribution in [0.4, 0.5) is 0 Å². The number of amides is 1. The van der Waals surface area contributed by atoms with E-state index >= 15 is 0 Å². The summed E-state index contributed by atoms with van der Waals surface area (Å²) in [4.78, 5) is 26.6. The summed E-state index contributed by atoms with van der Waals surface area (Å²) >= 11 is 1.19. The van der Waals surface area contributed by atoms with Crippen molar-refractivity contribution in [2.45, 2.75) is 33.2 Å². The van der Waals surface area contributed by atoms with E-state index in [1.165, 1.54) is 11.5 Å². The molecule has 3 rings (SSSR count). The van der Waals surface area contributed by atoms with E-state index < -0.39 is 5.97 Å². The maximum Gasteiger partial charge on any atom is 0.341 e. The van der Waals surface area contributed by atoms with Gasteiger partial charge in [0.05, 0.1) is 19.7 Å². The average Bonchev–Trinajstić information content (AvgIpc) is 3.31. The third-order valence-electron chi connectivity index (χ3n) is 4.61. The molecule has 1 fully saturated rings. The molecule has 1 aliphatic rings. The number of hydrogen-bond donors (Lipinski definition) is 1. The molecule has 146 valence electrons. The van der Waals surface area contributed by atoms with Crippen molar-refractivity contribution in [3.63, 3.8) is 0 Å². The van der Waals surface area contributed by atoms with Crippen molar-refractivity contribution in [1.29, 1.82) is 0 Å². The molecule has 0 aromatic carbocycles. The first-order valence-electron chi connectivity index (χ1n) is 9.13. The third kappa shape index (κ3) is 5.14. The molecule has 1 saturated heterocycles. The smallest absolute Gasteiger partial charge is 0.341 e. The molecule has 0 aliphatic carbocycles. The Morgan fingerprint density at radius 3 is 2.85 bits per heavy atom. The van der Waals surface area contributed by atoms with Gasteiger partial charge < -0.3 is 14.5 Å². The monoisotopic (exact) mass is 392 g/mol. The van der Waals surface area contributed by atoms with Gasteiger partial charge in [-0.05, 0) is 50.3 Å². The minimum atomic E-state index is -0.482. The Hall–Kier alpha value is -2.26. The molecule has 2 aromatic rings. The summed E-state index contributed by atoms with van der Waals surface area (Å²) in [5, 5.41) is 8.52. The van der Waals surface area contributed by atoms with E-state index in [4.69, 9.17) is 9.15 Å². The van der Waals surface area contributed by atoms with Gasteiger partial charge >= 0.3 is 5.97 Å². The van der Waals surface area contributed by atoms with Crippen LogP contribution in [-0.4, -0.2) is 52.6 Å². The molecule has 1 N–H and O–H groups in total. The number of aromatic nitrogens is 2. The van der Waals surface area contributed by atoms with Gasteiger partial charge in [-0.15, -0.1) is 5.10 Å². The van der Waals surface area contributed by atoms with Gasteiger partial charge in [-0.2, -0.15) is 0 Å². The van der Waals surface area contributed by atoms with Gasteiger partial charge in [0.1, 0.15) is 17.0 Å². The Morgan fingerprint density at radius 2 is 2.19 bits per heavy atom. The van der Waals surface area contributed by atoms with Crippen molar-refractivity contribution >= 4 is 23.4 Å². The standard InChI is InChI=1S/C18H24N4O4S/c1-3-25-18(24)13-8-15(14-11-27-21-20-14)26-16(13)9-19-17(23)10-22-6-4-12(2)5-7-22/h8,11-12H,3-7,9-10H2,1-2H3,(H,19,23). The SMILES string of the molecule is CCOC(=O)c1cc(-c2csnn2)oc1CNC(=O)CN1CCC(C)CC1. The summed E-state index contributed by atoms with van der Waals surface area (Å²) in [7, 11) is 0. The van der Waals surface area contributed by atoms with Crippen LogP contribution in [0, 0.1) is 5.92 Å². The molecule has 9 heteroatoms. The van der Waals surface area contributed by atoms with Gasteiger partial charge in [0, 0.05) is 11.4 Å². The van der Waals surface area contributed by atoms with E-state index in [2.05, 4.69) is 26.7 Å². The van der Waals surface area contributed by atoms with Crippen molar-refractivity contribution in [3.8, 4) is 11.5 Å². The highest BCUT2D eigenvalue weighted by molar-refractivity contribution is 7.03. The van der Waals surface area contributed by atoms with Gasteiger partial charge in [-0.3, -0.25) is 9.69 Å². The highest BCUT2D eigenvalue weighted by Crippen LogP contribution is 2.25. The maximum absolute atomic E-state index is 12.3. The number of nitrogens with one attached hydrogen (secondary N) is 1. The number of esters is 1. The van der Waals surface area contributed by atoms with E-state index in [0.29, 0.717) is 29.3 Å². The minimum Gasteiger partial charge on any atom is -0.462 e. The van der Waals surface area contributed by atoms with Crippen LogP contribution >= 0.6 is 11.5 Å². The molecule has 2 aromatic heterocycles. The minimum absolute atomic E-state index is 0.0902. The van der Waals surface area contributed by atoms with Crippen molar-refractivity contribution < 1.29 is 18.7 Å². The number of piperidine rings is 1. The second-order valence-corrected chi connectivity index (χ2v) is 7.30. The largest absolute Gasteiger partial charge is 0.462 e. The van der Waals surface area contributed by atoms with E-state index in [1.807, 2.05) is 0 Å². The molecule has 8 nitrogen and oxygen atoms in total. The molecule has 0 spiro atoms. The van der Waals surface area contributed by atoms with Crippen LogP contribution in [0.3, 0.4) is 0 Å². The molecule has 27 heavy (non-hydrogen) atoms. The lowest BCUT2D eigenvalue weighted by atomic mass is 9.99. The topological polar surface area (TPSA) is 97.6 Å². The number of hydrogen-bond acceptors (Lipinski definition) is 8. The van der Waals surface area contributed by atoms with E-state index in [-0.39, 0.29) is 19.1 Å². The molecular formula is C18H24N4O4S. The number of nitrogens with zero attached hydrogens (tertiary/aromatic N) is 3. The second kappa shape index (κ2) is 9.09. The zero-order valence-corrected chi connectivity index (χ0v) is 16.4. The van der Waals surface area contributed by atoms with Gasteiger partial charge in [0.15, 0.2) is 5.76 Å². The summed E-state index contributed by atoms with van der Waals surface area (Å²) in [6, 6.07) is 1.59. The first-order chi connectivity index (χ1) is 13.1. The molecule has 1 amide bonds. The van der Waals surface area contributed by atoms with Crippen LogP contribution in [-0.2, 0) is 16.1 Å². The van der Waals surface area contributed by atoms with Gasteiger partial charge in [-0.25, -0.2) is 4.79 Å². The summed E-state index contributed by atoms with van der Waals surface area (Å²) in [5.41, 5.74) is 0.845. The van der Waals surface area contributed by atoms with Gasteiger partial charge in [0.25, 0.3) is 0 Å². The summed E-state index contributed by atoms with van der Waals surface area (Å²) in [5.74, 6) is 0.939. The van der Waals surface area contributed by atoms with Crippen LogP contribution in [0.5, 0.6) is 0 Å². The molecule has 1 aliphatic heterocycles. The third-order valence-corrected chi connectivity index (χ3v) is 5.11. The van der Waals surface area contributed by atoms with Gasteiger partial charge in [0.2, 0.25) is 5.91 Å². The van der Waals surface area contributed by atoms with E-state index in [9.17, 15) is 9.59 Å². The lowest BCUT2D eigenvalue weighted by molar-refractivity contribution is -0.122. The van der Waals surface area contributed by atoms with E-state index in [0.717, 1.165) is 31.8 Å². The predicted molar refractivity (Wildman–Crippen MR) is 100 cm³/mol. The molecule has 0 radical (unpaired) electrons. The van der Waals surface area contributed by atoms with Crippen molar-refractivity contribution in [2.24, 2.45) is 5.92 Å². The Balaban J connectivity index is 1.64. The number of ether oxygens (including phenoxy) is 1. The number of carbonyl (C=O) groups excluding carboxylic acids is 2. The Morgan fingerprint density at radius 1 is 1.41 bits per heavy atom. The van der Waals surface area contributed by atoms with Crippen LogP contribution in [0.1, 0.15) is 42.8 Å². The van der Waals surface area contributed by atoms with Crippen LogP contribution in [0.25, 0.3) is 11.5 Å². The van der Waals surface area contributed by atoms with Crippen molar-refractivity contribution in [1.82, 2.24) is 19.8 Å². The molecule has 0 atom stereocenters. The van der Waals surface area contributed by atoms with Crippen molar-refractivity contribution in [2.75, 3.05) is 26.2 Å². The molecule has 3 heterocycles. The van der Waals surface area contributed by atoms with Crippen LogP contribution in [0.2, 0.25) is 0 Å². The molecule has 0 bridgehead atoms. The number of likely N-dealkylation sites (tertiary alicyclic amines) is 1. The maximum atomic E-state index is 12.3. The Bertz CT molecular complexity index is 766. The fraction of sp³-hybridized carbons (Fsp3) is 0.556. The van der Waals surface area contributed by atoms with Crippen LogP contribution in [0.15, 0.2) is 15.9 Å². The highest BCUT2D eigenvalue weighted by Gasteiger charge is 2.22. The van der Waals surface area contributed by atoms with Crippen LogP contribution < -0.4 is 5.32 Å². The second-order valence-electron chi connectivity index (χ2n) is 6.69. The normalized spacial score (nSPS) is 15.6. The van der Waals surface area contributed by atoms with Crippen molar-refractivity contribution in [3.05, 3.63) is 22.8 Å². The molecule has 0 unspecified atom stereocenters. The lowest BCUT2D eigenvalue weighted by Crippen LogP contribution is -2.41. The first-order valence-corrected chi connectivity index (χ1v) is 9.96. The number of furan rings is 1. The summed E-state index contributed by atoms with van der Waals surface area (Å²) < 4.78 is 14.6. The average molecular weight is 392 g/mol. The fourth-order valence-electron chi connectivity index (χ4n) is 3.00.